The van der Waals surface area contributed by atoms with Crippen LogP contribution >= 0.6 is 11.3 Å². The van der Waals surface area contributed by atoms with Gasteiger partial charge in [-0.2, -0.15) is 0 Å². The first-order chi connectivity index (χ1) is 30.2. The van der Waals surface area contributed by atoms with Gasteiger partial charge in [-0.25, -0.2) is 4.98 Å². The number of anilines is 3. The summed E-state index contributed by atoms with van der Waals surface area (Å²) in [5.41, 5.74) is 15.1. The smallest absolute Gasteiger partial charge is 0.124 e. The first-order valence-electron chi connectivity index (χ1n) is 20.9. The summed E-state index contributed by atoms with van der Waals surface area (Å²) < 4.78 is 1.21. The molecule has 1 aliphatic carbocycles. The number of aromatic nitrogens is 1. The third kappa shape index (κ3) is 5.66. The first kappa shape index (κ1) is 35.4. The molecule has 12 rings (SSSR count). The molecular formula is C58H38N2S. The van der Waals surface area contributed by atoms with Gasteiger partial charge in [-0.05, 0) is 109 Å². The SMILES string of the molecule is c1ccc(-c2nc3c(ccc4ccc5cc(-c6ccc(N(c7ccccc7)c7ccc8c(c7)C(c7ccccc7)(c7ccccc7)c7ccccc7-8)cc6)ccc5c43)s2)cc1. The number of rotatable bonds is 7. The molecule has 11 aromatic rings. The van der Waals surface area contributed by atoms with Crippen molar-refractivity contribution < 1.29 is 0 Å². The van der Waals surface area contributed by atoms with Gasteiger partial charge in [0.05, 0.1) is 15.6 Å². The minimum absolute atomic E-state index is 0.479. The van der Waals surface area contributed by atoms with Gasteiger partial charge in [0.15, 0.2) is 0 Å². The fourth-order valence-electron chi connectivity index (χ4n) is 9.82. The molecule has 1 heterocycles. The summed E-state index contributed by atoms with van der Waals surface area (Å²) in [6, 6.07) is 84.2. The molecule has 0 fully saturated rings. The van der Waals surface area contributed by atoms with Crippen molar-refractivity contribution in [2.45, 2.75) is 5.41 Å². The monoisotopic (exact) mass is 794 g/mol. The highest BCUT2D eigenvalue weighted by atomic mass is 32.1. The van der Waals surface area contributed by atoms with E-state index in [2.05, 4.69) is 235 Å². The summed E-state index contributed by atoms with van der Waals surface area (Å²) in [6.45, 7) is 0. The lowest BCUT2D eigenvalue weighted by molar-refractivity contribution is 0.768. The van der Waals surface area contributed by atoms with E-state index in [1.54, 1.807) is 11.3 Å². The molecular weight excluding hydrogens is 757 g/mol. The van der Waals surface area contributed by atoms with E-state index in [0.717, 1.165) is 33.1 Å². The van der Waals surface area contributed by atoms with Gasteiger partial charge in [-0.15, -0.1) is 11.3 Å². The van der Waals surface area contributed by atoms with Crippen LogP contribution in [0.15, 0.2) is 231 Å². The van der Waals surface area contributed by atoms with Gasteiger partial charge < -0.3 is 4.90 Å². The Hall–Kier alpha value is -7.59. The standard InChI is InChI=1S/C58H38N2S/c1-5-15-41(16-6-1)57-59-56-54(61-57)36-30-40-25-26-43-37-42(29-34-49(43)55(40)56)39-27-31-47(32-28-39)60(46-21-11-4-12-22-46)48-33-35-51-50-23-13-14-24-52(50)58(53(51)38-48,44-17-7-2-8-18-44)45-19-9-3-10-20-45/h1-38H. The fourth-order valence-corrected chi connectivity index (χ4v) is 10.8. The van der Waals surface area contributed by atoms with Crippen LogP contribution in [0.25, 0.3) is 64.6 Å². The van der Waals surface area contributed by atoms with Gasteiger partial charge in [0, 0.05) is 28.0 Å². The van der Waals surface area contributed by atoms with Crippen LogP contribution in [0.5, 0.6) is 0 Å². The molecule has 0 saturated carbocycles. The van der Waals surface area contributed by atoms with E-state index in [4.69, 9.17) is 4.98 Å². The maximum absolute atomic E-state index is 5.20. The van der Waals surface area contributed by atoms with Crippen molar-refractivity contribution in [1.82, 2.24) is 4.98 Å². The zero-order valence-corrected chi connectivity index (χ0v) is 34.1. The molecule has 0 N–H and O–H groups in total. The van der Waals surface area contributed by atoms with E-state index in [9.17, 15) is 0 Å². The quantitative estimate of drug-likeness (QED) is 0.149. The average Bonchev–Trinajstić information content (AvgIpc) is 3.91. The second-order valence-electron chi connectivity index (χ2n) is 15.9. The number of thiazole rings is 1. The van der Waals surface area contributed by atoms with Crippen LogP contribution < -0.4 is 4.90 Å². The molecule has 0 atom stereocenters. The third-order valence-corrected chi connectivity index (χ3v) is 13.6. The fraction of sp³-hybridized carbons (Fsp3) is 0.0172. The molecule has 10 aromatic carbocycles. The zero-order chi connectivity index (χ0) is 40.3. The van der Waals surface area contributed by atoms with Crippen molar-refractivity contribution in [3.63, 3.8) is 0 Å². The van der Waals surface area contributed by atoms with Crippen LogP contribution in [0.2, 0.25) is 0 Å². The van der Waals surface area contributed by atoms with E-state index in [-0.39, 0.29) is 0 Å². The zero-order valence-electron chi connectivity index (χ0n) is 33.2. The van der Waals surface area contributed by atoms with Crippen molar-refractivity contribution >= 4 is 60.2 Å². The molecule has 286 valence electrons. The van der Waals surface area contributed by atoms with Gasteiger partial charge >= 0.3 is 0 Å². The Bertz CT molecular complexity index is 3350. The molecule has 0 bridgehead atoms. The molecule has 0 spiro atoms. The Balaban J connectivity index is 0.966. The van der Waals surface area contributed by atoms with E-state index in [1.165, 1.54) is 70.8 Å². The summed E-state index contributed by atoms with van der Waals surface area (Å²) in [6.07, 6.45) is 0. The maximum atomic E-state index is 5.20. The Morgan fingerprint density at radius 3 is 1.70 bits per heavy atom. The molecule has 2 nitrogen and oxygen atoms in total. The number of nitrogens with zero attached hydrogens (tertiary/aromatic N) is 2. The van der Waals surface area contributed by atoms with Crippen molar-refractivity contribution in [3.05, 3.63) is 253 Å². The van der Waals surface area contributed by atoms with Gasteiger partial charge in [0.1, 0.15) is 5.01 Å². The summed E-state index contributed by atoms with van der Waals surface area (Å²) in [4.78, 5) is 7.59. The second-order valence-corrected chi connectivity index (χ2v) is 16.9. The molecule has 61 heavy (non-hydrogen) atoms. The lowest BCUT2D eigenvalue weighted by Crippen LogP contribution is -2.28. The van der Waals surface area contributed by atoms with Gasteiger partial charge in [-0.3, -0.25) is 0 Å². The van der Waals surface area contributed by atoms with Crippen molar-refractivity contribution in [2.24, 2.45) is 0 Å². The van der Waals surface area contributed by atoms with Gasteiger partial charge in [0.25, 0.3) is 0 Å². The average molecular weight is 795 g/mol. The largest absolute Gasteiger partial charge is 0.310 e. The number of benzene rings is 10. The summed E-state index contributed by atoms with van der Waals surface area (Å²) in [7, 11) is 0. The Labute approximate surface area is 359 Å². The normalized spacial score (nSPS) is 12.7. The van der Waals surface area contributed by atoms with Crippen LogP contribution in [0.1, 0.15) is 22.3 Å². The van der Waals surface area contributed by atoms with Gasteiger partial charge in [-0.1, -0.05) is 182 Å². The molecule has 0 amide bonds. The predicted octanol–water partition coefficient (Wildman–Crippen LogP) is 15.8. The maximum Gasteiger partial charge on any atom is 0.124 e. The lowest BCUT2D eigenvalue weighted by Gasteiger charge is -2.35. The molecule has 0 radical (unpaired) electrons. The van der Waals surface area contributed by atoms with E-state index in [0.29, 0.717) is 0 Å². The lowest BCUT2D eigenvalue weighted by atomic mass is 9.67. The molecule has 0 saturated heterocycles. The summed E-state index contributed by atoms with van der Waals surface area (Å²) in [5.74, 6) is 0. The van der Waals surface area contributed by atoms with Crippen LogP contribution in [0.4, 0.5) is 17.1 Å². The Kier molecular flexibility index (Phi) is 8.29. The van der Waals surface area contributed by atoms with E-state index in [1.807, 2.05) is 0 Å². The van der Waals surface area contributed by atoms with Crippen LogP contribution in [-0.4, -0.2) is 4.98 Å². The van der Waals surface area contributed by atoms with Crippen LogP contribution in [0, 0.1) is 0 Å². The minimum atomic E-state index is -0.479. The first-order valence-corrected chi connectivity index (χ1v) is 21.7. The minimum Gasteiger partial charge on any atom is -0.310 e. The number of fused-ring (bicyclic) bond motifs is 8. The number of hydrogen-bond donors (Lipinski definition) is 0. The van der Waals surface area contributed by atoms with Crippen molar-refractivity contribution in [1.29, 1.82) is 0 Å². The molecule has 1 aliphatic rings. The van der Waals surface area contributed by atoms with E-state index >= 15 is 0 Å². The van der Waals surface area contributed by atoms with Gasteiger partial charge in [0.2, 0.25) is 0 Å². The third-order valence-electron chi connectivity index (χ3n) is 12.6. The molecule has 1 aromatic heterocycles. The second kappa shape index (κ2) is 14.3. The Morgan fingerprint density at radius 1 is 0.393 bits per heavy atom. The Morgan fingerprint density at radius 2 is 0.967 bits per heavy atom. The summed E-state index contributed by atoms with van der Waals surface area (Å²) >= 11 is 1.76. The highest BCUT2D eigenvalue weighted by molar-refractivity contribution is 7.21. The van der Waals surface area contributed by atoms with Crippen molar-refractivity contribution in [2.75, 3.05) is 4.90 Å². The van der Waals surface area contributed by atoms with Crippen molar-refractivity contribution in [3.8, 4) is 32.8 Å². The van der Waals surface area contributed by atoms with Crippen LogP contribution in [-0.2, 0) is 5.41 Å². The number of hydrogen-bond acceptors (Lipinski definition) is 3. The summed E-state index contributed by atoms with van der Waals surface area (Å²) in [5, 5.41) is 5.92. The number of para-hydroxylation sites is 1. The predicted molar refractivity (Wildman–Crippen MR) is 257 cm³/mol. The molecule has 3 heteroatoms. The molecule has 0 aliphatic heterocycles. The molecule has 0 unspecified atom stereocenters. The van der Waals surface area contributed by atoms with E-state index < -0.39 is 5.41 Å². The highest BCUT2D eigenvalue weighted by Crippen LogP contribution is 2.57. The van der Waals surface area contributed by atoms with Crippen LogP contribution in [0.3, 0.4) is 0 Å². The topological polar surface area (TPSA) is 16.1 Å². The highest BCUT2D eigenvalue weighted by Gasteiger charge is 2.46.